The molecular weight excluding hydrogens is 314 g/mol. The van der Waals surface area contributed by atoms with E-state index in [-0.39, 0.29) is 0 Å². The lowest BCUT2D eigenvalue weighted by Crippen LogP contribution is -1.99. The van der Waals surface area contributed by atoms with E-state index in [9.17, 15) is 0 Å². The van der Waals surface area contributed by atoms with Gasteiger partial charge in [-0.15, -0.1) is 5.10 Å². The van der Waals surface area contributed by atoms with Crippen LogP contribution in [0.25, 0.3) is 27.9 Å². The first kappa shape index (κ1) is 13.7. The highest BCUT2D eigenvalue weighted by molar-refractivity contribution is 5.88. The standard InChI is InChI=1S/C18H13N7/c1-2-5-13(6-3-1)19-18-16-7-4-10-25(16)15-9-8-12(11-14(15)20-18)17-21-23-24-22-17/h1-11H,(H,19,20)(H,21,22,23,24). The third-order valence-corrected chi connectivity index (χ3v) is 4.11. The van der Waals surface area contributed by atoms with Gasteiger partial charge >= 0.3 is 0 Å². The van der Waals surface area contributed by atoms with Crippen LogP contribution < -0.4 is 5.32 Å². The SMILES string of the molecule is c1ccc(Nc2nc3cc(-c4nnn[nH]4)ccc3n3cccc23)cc1. The van der Waals surface area contributed by atoms with Gasteiger partial charge in [0.25, 0.3) is 0 Å². The van der Waals surface area contributed by atoms with E-state index in [1.54, 1.807) is 0 Å². The Morgan fingerprint density at radius 2 is 1.84 bits per heavy atom. The molecule has 3 aromatic heterocycles. The number of benzene rings is 2. The number of nitrogens with one attached hydrogen (secondary N) is 2. The highest BCUT2D eigenvalue weighted by Crippen LogP contribution is 2.27. The number of tetrazole rings is 1. The maximum absolute atomic E-state index is 4.83. The van der Waals surface area contributed by atoms with Crippen LogP contribution in [-0.2, 0) is 0 Å². The van der Waals surface area contributed by atoms with Gasteiger partial charge in [0.1, 0.15) is 0 Å². The van der Waals surface area contributed by atoms with Crippen molar-refractivity contribution < 1.29 is 0 Å². The molecule has 0 unspecified atom stereocenters. The Balaban J connectivity index is 1.71. The molecule has 0 bridgehead atoms. The fraction of sp³-hybridized carbons (Fsp3) is 0. The van der Waals surface area contributed by atoms with Gasteiger partial charge in [0, 0.05) is 17.4 Å². The Morgan fingerprint density at radius 1 is 0.920 bits per heavy atom. The normalized spacial score (nSPS) is 11.2. The molecule has 0 aliphatic carbocycles. The molecule has 3 heterocycles. The molecule has 0 radical (unpaired) electrons. The number of rotatable bonds is 3. The molecule has 2 aromatic carbocycles. The fourth-order valence-electron chi connectivity index (χ4n) is 2.96. The average molecular weight is 327 g/mol. The lowest BCUT2D eigenvalue weighted by Gasteiger charge is -2.11. The average Bonchev–Trinajstić information content (AvgIpc) is 3.34. The van der Waals surface area contributed by atoms with E-state index in [4.69, 9.17) is 4.98 Å². The highest BCUT2D eigenvalue weighted by Gasteiger charge is 2.10. The van der Waals surface area contributed by atoms with Crippen molar-refractivity contribution >= 4 is 28.1 Å². The molecule has 7 heteroatoms. The highest BCUT2D eigenvalue weighted by atomic mass is 15.5. The Morgan fingerprint density at radius 3 is 2.68 bits per heavy atom. The maximum atomic E-state index is 4.83. The summed E-state index contributed by atoms with van der Waals surface area (Å²) in [6.45, 7) is 0. The third kappa shape index (κ3) is 2.29. The first-order valence-corrected chi connectivity index (χ1v) is 7.85. The summed E-state index contributed by atoms with van der Waals surface area (Å²) in [5, 5.41) is 17.4. The quantitative estimate of drug-likeness (QED) is 0.530. The molecule has 5 rings (SSSR count). The molecule has 7 nitrogen and oxygen atoms in total. The Labute approximate surface area is 142 Å². The number of nitrogens with zero attached hydrogens (tertiary/aromatic N) is 5. The smallest absolute Gasteiger partial charge is 0.179 e. The predicted molar refractivity (Wildman–Crippen MR) is 95.6 cm³/mol. The minimum atomic E-state index is 0.619. The predicted octanol–water partition coefficient (Wildman–Crippen LogP) is 3.41. The van der Waals surface area contributed by atoms with Gasteiger partial charge in [-0.05, 0) is 52.9 Å². The van der Waals surface area contributed by atoms with E-state index in [1.807, 2.05) is 66.9 Å². The third-order valence-electron chi connectivity index (χ3n) is 4.11. The van der Waals surface area contributed by atoms with Crippen molar-refractivity contribution in [2.24, 2.45) is 0 Å². The van der Waals surface area contributed by atoms with Gasteiger partial charge in [0.15, 0.2) is 11.6 Å². The van der Waals surface area contributed by atoms with Crippen molar-refractivity contribution in [1.29, 1.82) is 0 Å². The maximum Gasteiger partial charge on any atom is 0.179 e. The molecule has 0 fully saturated rings. The number of aromatic nitrogens is 6. The molecule has 0 aliphatic rings. The van der Waals surface area contributed by atoms with E-state index in [2.05, 4.69) is 30.3 Å². The summed E-state index contributed by atoms with van der Waals surface area (Å²) in [4.78, 5) is 4.83. The zero-order valence-electron chi connectivity index (χ0n) is 13.1. The molecule has 0 saturated carbocycles. The molecule has 0 amide bonds. The summed E-state index contributed by atoms with van der Waals surface area (Å²) in [5.74, 6) is 1.42. The summed E-state index contributed by atoms with van der Waals surface area (Å²) in [6.07, 6.45) is 2.03. The van der Waals surface area contributed by atoms with Crippen molar-refractivity contribution in [2.45, 2.75) is 0 Å². The second kappa shape index (κ2) is 5.41. The number of hydrogen-bond acceptors (Lipinski definition) is 5. The van der Waals surface area contributed by atoms with Crippen LogP contribution in [0.3, 0.4) is 0 Å². The first-order chi connectivity index (χ1) is 12.4. The largest absolute Gasteiger partial charge is 0.338 e. The lowest BCUT2D eigenvalue weighted by atomic mass is 10.2. The van der Waals surface area contributed by atoms with Gasteiger partial charge in [0.2, 0.25) is 0 Å². The van der Waals surface area contributed by atoms with Gasteiger partial charge in [0.05, 0.1) is 16.6 Å². The van der Waals surface area contributed by atoms with Gasteiger partial charge in [-0.3, -0.25) is 0 Å². The number of para-hydroxylation sites is 1. The number of aromatic amines is 1. The van der Waals surface area contributed by atoms with Gasteiger partial charge in [-0.1, -0.05) is 18.2 Å². The molecular formula is C18H13N7. The number of H-pyrrole nitrogens is 1. The van der Waals surface area contributed by atoms with Gasteiger partial charge in [-0.2, -0.15) is 0 Å². The minimum Gasteiger partial charge on any atom is -0.338 e. The van der Waals surface area contributed by atoms with Crippen LogP contribution in [0.4, 0.5) is 11.5 Å². The number of fused-ring (bicyclic) bond motifs is 3. The topological polar surface area (TPSA) is 83.8 Å². The van der Waals surface area contributed by atoms with Crippen LogP contribution in [0.15, 0.2) is 66.9 Å². The molecule has 25 heavy (non-hydrogen) atoms. The van der Waals surface area contributed by atoms with Crippen LogP contribution in [0.5, 0.6) is 0 Å². The van der Waals surface area contributed by atoms with Crippen LogP contribution in [0.1, 0.15) is 0 Å². The summed E-state index contributed by atoms with van der Waals surface area (Å²) in [7, 11) is 0. The summed E-state index contributed by atoms with van der Waals surface area (Å²) < 4.78 is 2.12. The number of hydrogen-bond donors (Lipinski definition) is 2. The number of anilines is 2. The second-order valence-corrected chi connectivity index (χ2v) is 5.67. The molecule has 5 aromatic rings. The van der Waals surface area contributed by atoms with Crippen molar-refractivity contribution in [3.63, 3.8) is 0 Å². The molecule has 0 aliphatic heterocycles. The van der Waals surface area contributed by atoms with Gasteiger partial charge in [-0.25, -0.2) is 10.1 Å². The van der Waals surface area contributed by atoms with Crippen LogP contribution in [0.2, 0.25) is 0 Å². The molecule has 0 saturated heterocycles. The summed E-state index contributed by atoms with van der Waals surface area (Å²) >= 11 is 0. The first-order valence-electron chi connectivity index (χ1n) is 7.85. The van der Waals surface area contributed by atoms with Crippen molar-refractivity contribution in [3.05, 3.63) is 66.9 Å². The zero-order chi connectivity index (χ0) is 16.6. The van der Waals surface area contributed by atoms with E-state index < -0.39 is 0 Å². The molecule has 2 N–H and O–H groups in total. The van der Waals surface area contributed by atoms with Crippen molar-refractivity contribution in [3.8, 4) is 11.4 Å². The van der Waals surface area contributed by atoms with Crippen LogP contribution in [-0.4, -0.2) is 30.0 Å². The Hall–Kier alpha value is -3.74. The van der Waals surface area contributed by atoms with Crippen molar-refractivity contribution in [2.75, 3.05) is 5.32 Å². The lowest BCUT2D eigenvalue weighted by molar-refractivity contribution is 0.881. The zero-order valence-corrected chi connectivity index (χ0v) is 13.1. The summed E-state index contributed by atoms with van der Waals surface area (Å²) in [5.41, 5.74) is 4.78. The van der Waals surface area contributed by atoms with Gasteiger partial charge < -0.3 is 9.72 Å². The minimum absolute atomic E-state index is 0.619. The molecule has 0 spiro atoms. The van der Waals surface area contributed by atoms with E-state index >= 15 is 0 Å². The summed E-state index contributed by atoms with van der Waals surface area (Å²) in [6, 6.07) is 20.1. The van der Waals surface area contributed by atoms with E-state index in [1.165, 1.54) is 0 Å². The van der Waals surface area contributed by atoms with E-state index in [0.29, 0.717) is 5.82 Å². The van der Waals surface area contributed by atoms with E-state index in [0.717, 1.165) is 33.6 Å². The Kier molecular flexibility index (Phi) is 2.96. The monoisotopic (exact) mass is 327 g/mol. The van der Waals surface area contributed by atoms with Crippen molar-refractivity contribution in [1.82, 2.24) is 30.0 Å². The Bertz CT molecular complexity index is 1160. The fourth-order valence-corrected chi connectivity index (χ4v) is 2.96. The van der Waals surface area contributed by atoms with Crippen LogP contribution >= 0.6 is 0 Å². The second-order valence-electron chi connectivity index (χ2n) is 5.67. The van der Waals surface area contributed by atoms with Crippen LogP contribution in [0, 0.1) is 0 Å². The molecule has 0 atom stereocenters. The molecule has 120 valence electrons.